The predicted molar refractivity (Wildman–Crippen MR) is 70.8 cm³/mol. The molecule has 0 saturated heterocycles. The van der Waals surface area contributed by atoms with Crippen molar-refractivity contribution in [2.45, 2.75) is 33.2 Å². The van der Waals surface area contributed by atoms with Crippen LogP contribution in [0.4, 0.5) is 4.39 Å². The van der Waals surface area contributed by atoms with Gasteiger partial charge in [-0.3, -0.25) is 0 Å². The third-order valence-electron chi connectivity index (χ3n) is 2.91. The van der Waals surface area contributed by atoms with E-state index in [1.165, 1.54) is 12.1 Å². The van der Waals surface area contributed by atoms with E-state index in [2.05, 4.69) is 24.0 Å². The summed E-state index contributed by atoms with van der Waals surface area (Å²) in [6.45, 7) is 5.98. The highest BCUT2D eigenvalue weighted by atomic mass is 19.1. The van der Waals surface area contributed by atoms with Crippen molar-refractivity contribution in [3.8, 4) is 11.4 Å². The average Bonchev–Trinajstić information content (AvgIpc) is 2.77. The van der Waals surface area contributed by atoms with Crippen molar-refractivity contribution in [2.24, 2.45) is 11.7 Å². The number of nitrogens with zero attached hydrogens (tertiary/aromatic N) is 2. The molecule has 0 bridgehead atoms. The van der Waals surface area contributed by atoms with Gasteiger partial charge < -0.3 is 10.3 Å². The highest BCUT2D eigenvalue weighted by molar-refractivity contribution is 5.59. The van der Waals surface area contributed by atoms with Crippen LogP contribution >= 0.6 is 0 Å². The lowest BCUT2D eigenvalue weighted by Crippen LogP contribution is -2.13. The molecule has 19 heavy (non-hydrogen) atoms. The van der Waals surface area contributed by atoms with Crippen molar-refractivity contribution in [3.05, 3.63) is 35.5 Å². The molecule has 4 nitrogen and oxygen atoms in total. The minimum atomic E-state index is -0.276. The third-order valence-corrected chi connectivity index (χ3v) is 2.91. The number of rotatable bonds is 4. The molecule has 1 heterocycles. The Morgan fingerprint density at radius 2 is 2.11 bits per heavy atom. The Morgan fingerprint density at radius 1 is 1.37 bits per heavy atom. The molecule has 5 heteroatoms. The predicted octanol–water partition coefficient (Wildman–Crippen LogP) is 3.23. The lowest BCUT2D eigenvalue weighted by Gasteiger charge is -2.08. The van der Waals surface area contributed by atoms with E-state index in [9.17, 15) is 4.39 Å². The maximum absolute atomic E-state index is 13.1. The summed E-state index contributed by atoms with van der Waals surface area (Å²) >= 11 is 0. The molecular formula is C14H18FN3O. The summed E-state index contributed by atoms with van der Waals surface area (Å²) < 4.78 is 18.2. The highest BCUT2D eigenvalue weighted by Gasteiger charge is 2.17. The third kappa shape index (κ3) is 3.17. The normalized spacial score (nSPS) is 12.9. The second-order valence-corrected chi connectivity index (χ2v) is 5.15. The van der Waals surface area contributed by atoms with Gasteiger partial charge in [-0.25, -0.2) is 4.39 Å². The van der Waals surface area contributed by atoms with Crippen LogP contribution in [0.5, 0.6) is 0 Å². The fourth-order valence-electron chi connectivity index (χ4n) is 1.98. The molecule has 0 aliphatic rings. The smallest absolute Gasteiger partial charge is 0.243 e. The van der Waals surface area contributed by atoms with Gasteiger partial charge in [-0.1, -0.05) is 19.0 Å². The van der Waals surface area contributed by atoms with Crippen LogP contribution in [0.25, 0.3) is 11.4 Å². The largest absolute Gasteiger partial charge is 0.337 e. The SMILES string of the molecule is Cc1cc(F)ccc1-c1noc(C(N)CC(C)C)n1. The van der Waals surface area contributed by atoms with Crippen LogP contribution in [0, 0.1) is 18.7 Å². The number of hydrogen-bond acceptors (Lipinski definition) is 4. The maximum atomic E-state index is 13.1. The Kier molecular flexibility index (Phi) is 3.95. The first-order chi connectivity index (χ1) is 8.97. The Balaban J connectivity index is 2.25. The summed E-state index contributed by atoms with van der Waals surface area (Å²) in [7, 11) is 0. The molecule has 1 atom stereocenters. The molecule has 2 rings (SSSR count). The first-order valence-electron chi connectivity index (χ1n) is 6.33. The van der Waals surface area contributed by atoms with Gasteiger partial charge in [-0.2, -0.15) is 4.98 Å². The lowest BCUT2D eigenvalue weighted by molar-refractivity contribution is 0.335. The molecule has 102 valence electrons. The Morgan fingerprint density at radius 3 is 2.74 bits per heavy atom. The van der Waals surface area contributed by atoms with E-state index in [4.69, 9.17) is 10.3 Å². The van der Waals surface area contributed by atoms with Crippen LogP contribution in [-0.4, -0.2) is 10.1 Å². The van der Waals surface area contributed by atoms with Gasteiger partial charge in [-0.05, 0) is 43.0 Å². The summed E-state index contributed by atoms with van der Waals surface area (Å²) in [5.74, 6) is 1.05. The molecule has 2 N–H and O–H groups in total. The molecule has 2 aromatic rings. The van der Waals surface area contributed by atoms with Crippen molar-refractivity contribution in [3.63, 3.8) is 0 Å². The number of aromatic nitrogens is 2. The number of benzene rings is 1. The van der Waals surface area contributed by atoms with E-state index in [0.29, 0.717) is 17.6 Å². The summed E-state index contributed by atoms with van der Waals surface area (Å²) in [6.07, 6.45) is 0.782. The lowest BCUT2D eigenvalue weighted by atomic mass is 10.0. The van der Waals surface area contributed by atoms with Crippen LogP contribution < -0.4 is 5.73 Å². The van der Waals surface area contributed by atoms with Gasteiger partial charge in [0.2, 0.25) is 11.7 Å². The Bertz CT molecular complexity index is 566. The fraction of sp³-hybridized carbons (Fsp3) is 0.429. The molecule has 0 aliphatic heterocycles. The van der Waals surface area contributed by atoms with Crippen molar-refractivity contribution < 1.29 is 8.91 Å². The second-order valence-electron chi connectivity index (χ2n) is 5.15. The van der Waals surface area contributed by atoms with Crippen molar-refractivity contribution in [2.75, 3.05) is 0 Å². The summed E-state index contributed by atoms with van der Waals surface area (Å²) in [5, 5.41) is 3.92. The van der Waals surface area contributed by atoms with Crippen LogP contribution in [-0.2, 0) is 0 Å². The van der Waals surface area contributed by atoms with Crippen molar-refractivity contribution in [1.29, 1.82) is 0 Å². The van der Waals surface area contributed by atoms with Crippen molar-refractivity contribution >= 4 is 0 Å². The topological polar surface area (TPSA) is 64.9 Å². The molecule has 0 saturated carbocycles. The van der Waals surface area contributed by atoms with E-state index in [0.717, 1.165) is 17.5 Å². The average molecular weight is 263 g/mol. The quantitative estimate of drug-likeness (QED) is 0.919. The number of nitrogens with two attached hydrogens (primary N) is 1. The zero-order valence-corrected chi connectivity index (χ0v) is 11.4. The van der Waals surface area contributed by atoms with E-state index >= 15 is 0 Å². The summed E-state index contributed by atoms with van der Waals surface area (Å²) in [4.78, 5) is 4.30. The van der Waals surface area contributed by atoms with Crippen LogP contribution in [0.1, 0.15) is 37.8 Å². The van der Waals surface area contributed by atoms with Crippen LogP contribution in [0.15, 0.2) is 22.7 Å². The summed E-state index contributed by atoms with van der Waals surface area (Å²) in [5.41, 5.74) is 7.52. The van der Waals surface area contributed by atoms with Gasteiger partial charge in [0.1, 0.15) is 5.82 Å². The van der Waals surface area contributed by atoms with Crippen LogP contribution in [0.3, 0.4) is 0 Å². The van der Waals surface area contributed by atoms with Gasteiger partial charge in [0.05, 0.1) is 6.04 Å². The highest BCUT2D eigenvalue weighted by Crippen LogP contribution is 2.24. The van der Waals surface area contributed by atoms with Gasteiger partial charge in [0, 0.05) is 5.56 Å². The molecule has 0 fully saturated rings. The molecule has 0 amide bonds. The number of halogens is 1. The van der Waals surface area contributed by atoms with E-state index < -0.39 is 0 Å². The zero-order chi connectivity index (χ0) is 14.0. The van der Waals surface area contributed by atoms with Crippen LogP contribution in [0.2, 0.25) is 0 Å². The molecule has 0 radical (unpaired) electrons. The molecular weight excluding hydrogens is 245 g/mol. The van der Waals surface area contributed by atoms with Gasteiger partial charge in [-0.15, -0.1) is 0 Å². The molecule has 1 aromatic heterocycles. The molecule has 1 unspecified atom stereocenters. The minimum absolute atomic E-state index is 0.262. The summed E-state index contributed by atoms with van der Waals surface area (Å²) in [6, 6.07) is 4.21. The fourth-order valence-corrected chi connectivity index (χ4v) is 1.98. The minimum Gasteiger partial charge on any atom is -0.337 e. The zero-order valence-electron chi connectivity index (χ0n) is 11.4. The van der Waals surface area contributed by atoms with E-state index in [1.807, 2.05) is 6.92 Å². The van der Waals surface area contributed by atoms with Crippen molar-refractivity contribution in [1.82, 2.24) is 10.1 Å². The van der Waals surface area contributed by atoms with Gasteiger partial charge in [0.15, 0.2) is 0 Å². The van der Waals surface area contributed by atoms with Gasteiger partial charge >= 0.3 is 0 Å². The first-order valence-corrected chi connectivity index (χ1v) is 6.33. The monoisotopic (exact) mass is 263 g/mol. The first kappa shape index (κ1) is 13.7. The Labute approximate surface area is 111 Å². The van der Waals surface area contributed by atoms with E-state index in [1.54, 1.807) is 6.07 Å². The van der Waals surface area contributed by atoms with Gasteiger partial charge in [0.25, 0.3) is 0 Å². The molecule has 1 aromatic carbocycles. The Hall–Kier alpha value is -1.75. The number of aryl methyl sites for hydroxylation is 1. The maximum Gasteiger partial charge on any atom is 0.243 e. The molecule has 0 aliphatic carbocycles. The molecule has 0 spiro atoms. The second kappa shape index (κ2) is 5.48. The number of hydrogen-bond donors (Lipinski definition) is 1. The standard InChI is InChI=1S/C14H18FN3O/c1-8(2)6-12(16)14-17-13(18-19-14)11-5-4-10(15)7-9(11)3/h4-5,7-8,12H,6,16H2,1-3H3. The van der Waals surface area contributed by atoms with E-state index in [-0.39, 0.29) is 11.9 Å².